The Hall–Kier alpha value is -1.26. The van der Waals surface area contributed by atoms with Crippen LogP contribution in [0.4, 0.5) is 0 Å². The molecule has 0 aliphatic carbocycles. The Labute approximate surface area is 119 Å². The third-order valence-corrected chi connectivity index (χ3v) is 4.00. The smallest absolute Gasteiger partial charge is 0.0856 e. The Morgan fingerprint density at radius 2 is 1.89 bits per heavy atom. The molecule has 0 aliphatic heterocycles. The lowest BCUT2D eigenvalue weighted by atomic mass is 9.89. The molecule has 0 fully saturated rings. The van der Waals surface area contributed by atoms with Crippen molar-refractivity contribution < 1.29 is 0 Å². The minimum atomic E-state index is 0.00665. The van der Waals surface area contributed by atoms with Crippen LogP contribution < -0.4 is 5.73 Å². The van der Waals surface area contributed by atoms with Crippen molar-refractivity contribution in [3.05, 3.63) is 46.5 Å². The van der Waals surface area contributed by atoms with E-state index in [1.165, 1.54) is 17.1 Å². The molecule has 19 heavy (non-hydrogen) atoms. The van der Waals surface area contributed by atoms with Crippen molar-refractivity contribution in [2.24, 2.45) is 5.73 Å². The highest BCUT2D eigenvalue weighted by Crippen LogP contribution is 2.31. The highest BCUT2D eigenvalue weighted by molar-refractivity contribution is 7.05. The van der Waals surface area contributed by atoms with Crippen LogP contribution in [-0.4, -0.2) is 9.59 Å². The molecule has 1 atom stereocenters. The highest BCUT2D eigenvalue weighted by atomic mass is 32.1. The molecule has 2 N–H and O–H groups in total. The first-order chi connectivity index (χ1) is 8.98. The molecule has 0 radical (unpaired) electrons. The predicted molar refractivity (Wildman–Crippen MR) is 80.3 cm³/mol. The van der Waals surface area contributed by atoms with Gasteiger partial charge in [-0.25, -0.2) is 0 Å². The topological polar surface area (TPSA) is 51.8 Å². The number of hydrogen-bond donors (Lipinski definition) is 1. The van der Waals surface area contributed by atoms with Crippen LogP contribution in [0.15, 0.2) is 30.3 Å². The molecule has 1 heterocycles. The first-order valence-electron chi connectivity index (χ1n) is 6.60. The zero-order valence-corrected chi connectivity index (χ0v) is 12.6. The molecule has 0 amide bonds. The van der Waals surface area contributed by atoms with Crippen molar-refractivity contribution in [3.63, 3.8) is 0 Å². The Kier molecular flexibility index (Phi) is 4.32. The molecule has 0 bridgehead atoms. The van der Waals surface area contributed by atoms with Gasteiger partial charge in [0.25, 0.3) is 0 Å². The second kappa shape index (κ2) is 5.80. The first-order valence-corrected chi connectivity index (χ1v) is 7.38. The molecule has 0 aliphatic rings. The summed E-state index contributed by atoms with van der Waals surface area (Å²) in [4.78, 5) is 1.13. The van der Waals surface area contributed by atoms with E-state index < -0.39 is 0 Å². The second-order valence-electron chi connectivity index (χ2n) is 5.87. The first kappa shape index (κ1) is 14.2. The van der Waals surface area contributed by atoms with Crippen LogP contribution in [0.25, 0.3) is 0 Å². The molecule has 4 heteroatoms. The average molecular weight is 275 g/mol. The number of rotatable bonds is 4. The van der Waals surface area contributed by atoms with Crippen molar-refractivity contribution in [2.45, 2.75) is 45.1 Å². The van der Waals surface area contributed by atoms with Gasteiger partial charge in [-0.3, -0.25) is 0 Å². The highest BCUT2D eigenvalue weighted by Gasteiger charge is 2.25. The number of benzene rings is 1. The largest absolute Gasteiger partial charge is 0.323 e. The molecular weight excluding hydrogens is 254 g/mol. The fraction of sp³-hybridized carbons (Fsp3) is 0.467. The summed E-state index contributed by atoms with van der Waals surface area (Å²) in [5.74, 6) is 0. The summed E-state index contributed by atoms with van der Waals surface area (Å²) < 4.78 is 4.08. The molecule has 3 nitrogen and oxygen atoms in total. The van der Waals surface area contributed by atoms with E-state index >= 15 is 0 Å². The van der Waals surface area contributed by atoms with E-state index in [2.05, 4.69) is 54.6 Å². The summed E-state index contributed by atoms with van der Waals surface area (Å²) in [6, 6.07) is 10.5. The predicted octanol–water partition coefficient (Wildman–Crippen LogP) is 3.47. The lowest BCUT2D eigenvalue weighted by Crippen LogP contribution is -2.19. The number of aromatic nitrogens is 2. The van der Waals surface area contributed by atoms with Gasteiger partial charge in [-0.2, -0.15) is 0 Å². The Balaban J connectivity index is 2.05. The lowest BCUT2D eigenvalue weighted by Gasteiger charge is -2.19. The molecule has 102 valence electrons. The van der Waals surface area contributed by atoms with Crippen molar-refractivity contribution in [2.75, 3.05) is 0 Å². The van der Waals surface area contributed by atoms with Crippen LogP contribution >= 0.6 is 11.5 Å². The van der Waals surface area contributed by atoms with Crippen LogP contribution in [0.3, 0.4) is 0 Å². The quantitative estimate of drug-likeness (QED) is 0.929. The molecule has 0 spiro atoms. The van der Waals surface area contributed by atoms with Gasteiger partial charge in [-0.15, -0.1) is 5.10 Å². The fourth-order valence-corrected chi connectivity index (χ4v) is 2.96. The summed E-state index contributed by atoms with van der Waals surface area (Å²) >= 11 is 1.43. The minimum Gasteiger partial charge on any atom is -0.323 e. The second-order valence-corrected chi connectivity index (χ2v) is 6.65. The minimum absolute atomic E-state index is 0.00665. The monoisotopic (exact) mass is 275 g/mol. The normalized spacial score (nSPS) is 13.5. The SMILES string of the molecule is CC(C)(C)c1nnsc1C(N)CCc1ccccc1. The third kappa shape index (κ3) is 3.61. The van der Waals surface area contributed by atoms with E-state index in [0.29, 0.717) is 0 Å². The van der Waals surface area contributed by atoms with E-state index in [0.717, 1.165) is 23.4 Å². The maximum atomic E-state index is 6.32. The lowest BCUT2D eigenvalue weighted by molar-refractivity contribution is 0.544. The zero-order valence-electron chi connectivity index (χ0n) is 11.8. The summed E-state index contributed by atoms with van der Waals surface area (Å²) in [5, 5.41) is 4.25. The van der Waals surface area contributed by atoms with Gasteiger partial charge in [0.1, 0.15) is 0 Å². The molecule has 2 aromatic rings. The summed E-state index contributed by atoms with van der Waals surface area (Å²) in [6.45, 7) is 6.45. The average Bonchev–Trinajstić information content (AvgIpc) is 2.86. The van der Waals surface area contributed by atoms with E-state index in [1.54, 1.807) is 0 Å². The van der Waals surface area contributed by atoms with Crippen molar-refractivity contribution in [3.8, 4) is 0 Å². The molecular formula is C15H21N3S. The van der Waals surface area contributed by atoms with Crippen molar-refractivity contribution >= 4 is 11.5 Å². The molecule has 1 aromatic carbocycles. The van der Waals surface area contributed by atoms with Crippen LogP contribution in [-0.2, 0) is 11.8 Å². The van der Waals surface area contributed by atoms with Gasteiger partial charge in [-0.1, -0.05) is 55.6 Å². The Bertz CT molecular complexity index is 514. The van der Waals surface area contributed by atoms with Gasteiger partial charge in [-0.05, 0) is 29.9 Å². The van der Waals surface area contributed by atoms with Gasteiger partial charge in [0.05, 0.1) is 10.6 Å². The number of hydrogen-bond acceptors (Lipinski definition) is 4. The molecule has 0 saturated carbocycles. The number of aryl methyl sites for hydroxylation is 1. The summed E-state index contributed by atoms with van der Waals surface area (Å²) in [5.41, 5.74) is 8.69. The third-order valence-electron chi connectivity index (χ3n) is 3.15. The van der Waals surface area contributed by atoms with E-state index in [4.69, 9.17) is 5.73 Å². The van der Waals surface area contributed by atoms with Crippen LogP contribution in [0.5, 0.6) is 0 Å². The van der Waals surface area contributed by atoms with E-state index in [-0.39, 0.29) is 11.5 Å². The molecule has 1 unspecified atom stereocenters. The molecule has 2 rings (SSSR count). The van der Waals surface area contributed by atoms with Crippen LogP contribution in [0.1, 0.15) is 49.4 Å². The van der Waals surface area contributed by atoms with Crippen molar-refractivity contribution in [1.82, 2.24) is 9.59 Å². The van der Waals surface area contributed by atoms with E-state index in [9.17, 15) is 0 Å². The Morgan fingerprint density at radius 3 is 2.53 bits per heavy atom. The van der Waals surface area contributed by atoms with Crippen LogP contribution in [0.2, 0.25) is 0 Å². The van der Waals surface area contributed by atoms with Crippen molar-refractivity contribution in [1.29, 1.82) is 0 Å². The maximum absolute atomic E-state index is 6.32. The van der Waals surface area contributed by atoms with Gasteiger partial charge >= 0.3 is 0 Å². The Morgan fingerprint density at radius 1 is 1.21 bits per heavy atom. The van der Waals surface area contributed by atoms with Gasteiger partial charge in [0, 0.05) is 11.5 Å². The number of nitrogens with two attached hydrogens (primary N) is 1. The van der Waals surface area contributed by atoms with Gasteiger partial charge < -0.3 is 5.73 Å². The number of nitrogens with zero attached hydrogens (tertiary/aromatic N) is 2. The standard InChI is InChI=1S/C15H21N3S/c1-15(2,3)14-13(19-18-17-14)12(16)10-9-11-7-5-4-6-8-11/h4-8,12H,9-10,16H2,1-3H3. The van der Waals surface area contributed by atoms with Gasteiger partial charge in [0.15, 0.2) is 0 Å². The fourth-order valence-electron chi connectivity index (χ4n) is 2.06. The molecule has 0 saturated heterocycles. The molecule has 1 aromatic heterocycles. The summed E-state index contributed by atoms with van der Waals surface area (Å²) in [6.07, 6.45) is 1.92. The van der Waals surface area contributed by atoms with E-state index in [1.807, 2.05) is 6.07 Å². The van der Waals surface area contributed by atoms with Gasteiger partial charge in [0.2, 0.25) is 0 Å². The summed E-state index contributed by atoms with van der Waals surface area (Å²) in [7, 11) is 0. The zero-order chi connectivity index (χ0) is 13.9. The maximum Gasteiger partial charge on any atom is 0.0856 e. The van der Waals surface area contributed by atoms with Crippen LogP contribution in [0, 0.1) is 0 Å².